The Kier molecular flexibility index (Phi) is 8.88. The monoisotopic (exact) mass is 676 g/mol. The number of Topliss-reactive ketones (excluding diaryl/α,β-unsaturated/α-hetero) is 1. The zero-order chi connectivity index (χ0) is 35.5. The van der Waals surface area contributed by atoms with Crippen LogP contribution in [0.15, 0.2) is 71.8 Å². The first-order chi connectivity index (χ1) is 23.1. The summed E-state index contributed by atoms with van der Waals surface area (Å²) in [6.07, 6.45) is -6.91. The van der Waals surface area contributed by atoms with Gasteiger partial charge >= 0.3 is 17.9 Å². The van der Waals surface area contributed by atoms with Crippen LogP contribution in [0, 0.1) is 16.7 Å². The summed E-state index contributed by atoms with van der Waals surface area (Å²) < 4.78 is 24.1. The number of ketones is 1. The van der Waals surface area contributed by atoms with Gasteiger partial charge in [0, 0.05) is 31.6 Å². The van der Waals surface area contributed by atoms with Crippen LogP contribution in [0.2, 0.25) is 0 Å². The maximum absolute atomic E-state index is 14.7. The fourth-order valence-corrected chi connectivity index (χ4v) is 8.88. The molecule has 2 aromatic rings. The number of aliphatic hydroxyl groups is 3. The van der Waals surface area contributed by atoms with Crippen LogP contribution in [-0.4, -0.2) is 87.3 Å². The molecular weight excluding hydrogens is 632 g/mol. The number of ether oxygens (including phenoxy) is 4. The maximum Gasteiger partial charge on any atom is 0.338 e. The summed E-state index contributed by atoms with van der Waals surface area (Å²) in [7, 11) is 0. The lowest BCUT2D eigenvalue weighted by Crippen LogP contribution is -2.81. The van der Waals surface area contributed by atoms with Crippen molar-refractivity contribution >= 4 is 23.7 Å². The van der Waals surface area contributed by atoms with Gasteiger partial charge in [-0.05, 0) is 49.1 Å². The van der Waals surface area contributed by atoms with Gasteiger partial charge in [0.25, 0.3) is 0 Å². The van der Waals surface area contributed by atoms with E-state index in [9.17, 15) is 34.5 Å². The molecule has 3 fully saturated rings. The zero-order valence-electron chi connectivity index (χ0n) is 28.4. The number of rotatable bonds is 7. The highest BCUT2D eigenvalue weighted by atomic mass is 16.6. The number of hydrogen-bond acceptors (Lipinski definition) is 11. The summed E-state index contributed by atoms with van der Waals surface area (Å²) in [6.45, 7) is 7.35. The molecule has 3 aliphatic carbocycles. The Balaban J connectivity index is 1.51. The Hall–Kier alpha value is -3.90. The molecular formula is C38H44O11. The molecule has 0 aromatic heterocycles. The minimum atomic E-state index is -2.14. The second-order valence-corrected chi connectivity index (χ2v) is 14.6. The molecule has 9 atom stereocenters. The highest BCUT2D eigenvalue weighted by molar-refractivity contribution is 5.94. The zero-order valence-corrected chi connectivity index (χ0v) is 28.4. The quantitative estimate of drug-likeness (QED) is 0.224. The number of aryl methyl sites for hydroxylation is 1. The van der Waals surface area contributed by atoms with Crippen molar-refractivity contribution in [3.63, 3.8) is 0 Å². The molecule has 1 saturated heterocycles. The molecule has 2 bridgehead atoms. The number of carbonyl (C=O) groups excluding carboxylic acids is 4. The van der Waals surface area contributed by atoms with Crippen molar-refractivity contribution in [1.82, 2.24) is 0 Å². The molecule has 6 rings (SSSR count). The van der Waals surface area contributed by atoms with Crippen LogP contribution >= 0.6 is 0 Å². The van der Waals surface area contributed by atoms with Crippen molar-refractivity contribution < 1.29 is 53.4 Å². The first-order valence-corrected chi connectivity index (χ1v) is 16.7. The van der Waals surface area contributed by atoms with Crippen molar-refractivity contribution in [2.45, 2.75) is 102 Å². The molecule has 3 N–H and O–H groups in total. The average molecular weight is 677 g/mol. The number of esters is 3. The minimum absolute atomic E-state index is 0.0281. The summed E-state index contributed by atoms with van der Waals surface area (Å²) in [5.41, 5.74) is -5.55. The molecule has 0 spiro atoms. The predicted octanol–water partition coefficient (Wildman–Crippen LogP) is 3.27. The summed E-state index contributed by atoms with van der Waals surface area (Å²) in [5, 5.41) is 37.0. The highest BCUT2D eigenvalue weighted by Crippen LogP contribution is 2.64. The van der Waals surface area contributed by atoms with Crippen LogP contribution in [0.3, 0.4) is 0 Å². The number of carbonyl (C=O) groups is 4. The normalized spacial score (nSPS) is 36.2. The second-order valence-electron chi connectivity index (χ2n) is 14.6. The van der Waals surface area contributed by atoms with Crippen molar-refractivity contribution in [2.24, 2.45) is 16.7 Å². The molecule has 4 aliphatic rings. The lowest BCUT2D eigenvalue weighted by molar-refractivity contribution is -0.345. The standard InChI is InChI=1S/C38H44O11/c1-21-25(47-28(41)17-16-23-12-8-6-9-13-23)19-38(45)33(48-34(44)24-14-10-7-11-15-24)31-36(5,32(43)30(42)29(21)35(38,3)4)26(40)18-27-37(31,20-46-27)49-22(2)39/h6-15,25-27,30-31,33,40,42,45H,16-20H2,1-5H3/t25-,26?,27?,30?,31?,33?,36?,37-,38?/m0/s1. The van der Waals surface area contributed by atoms with Gasteiger partial charge in [0.1, 0.15) is 30.0 Å². The Morgan fingerprint density at radius 2 is 1.59 bits per heavy atom. The molecule has 1 heterocycles. The van der Waals surface area contributed by atoms with E-state index in [1.807, 2.05) is 30.3 Å². The molecule has 2 aromatic carbocycles. The number of aliphatic hydroxyl groups excluding tert-OH is 2. The van der Waals surface area contributed by atoms with Crippen LogP contribution in [0.4, 0.5) is 0 Å². The topological polar surface area (TPSA) is 166 Å². The van der Waals surface area contributed by atoms with E-state index < -0.39 is 82.2 Å². The molecule has 1 aliphatic heterocycles. The van der Waals surface area contributed by atoms with Gasteiger partial charge in [-0.25, -0.2) is 4.79 Å². The van der Waals surface area contributed by atoms with Gasteiger partial charge in [-0.1, -0.05) is 62.4 Å². The SMILES string of the molecule is CC(=O)O[C@@]12COC1CC(O)C1(C)C(=O)C(O)C3=C(C)[C@@H](OC(=O)CCc4ccccc4)CC(O)(C(OC(=O)c4ccccc4)C12)C3(C)C. The van der Waals surface area contributed by atoms with Crippen molar-refractivity contribution in [3.8, 4) is 0 Å². The van der Waals surface area contributed by atoms with E-state index >= 15 is 0 Å². The lowest BCUT2D eigenvalue weighted by Gasteiger charge is -2.67. The van der Waals surface area contributed by atoms with Gasteiger partial charge in [0.15, 0.2) is 11.4 Å². The van der Waals surface area contributed by atoms with Gasteiger partial charge in [0.05, 0.1) is 29.6 Å². The maximum atomic E-state index is 14.7. The van der Waals surface area contributed by atoms with Crippen LogP contribution in [0.5, 0.6) is 0 Å². The molecule has 0 amide bonds. The number of benzene rings is 2. The average Bonchev–Trinajstić information content (AvgIpc) is 3.06. The van der Waals surface area contributed by atoms with E-state index in [2.05, 4.69) is 0 Å². The fraction of sp³-hybridized carbons (Fsp3) is 0.526. The largest absolute Gasteiger partial charge is 0.458 e. The molecule has 11 heteroatoms. The first-order valence-electron chi connectivity index (χ1n) is 16.7. The van der Waals surface area contributed by atoms with E-state index in [4.69, 9.17) is 18.9 Å². The third-order valence-electron chi connectivity index (χ3n) is 11.7. The van der Waals surface area contributed by atoms with Crippen LogP contribution in [0.25, 0.3) is 0 Å². The van der Waals surface area contributed by atoms with E-state index in [0.29, 0.717) is 12.0 Å². The Morgan fingerprint density at radius 3 is 2.18 bits per heavy atom. The number of hydrogen-bond donors (Lipinski definition) is 3. The molecule has 49 heavy (non-hydrogen) atoms. The van der Waals surface area contributed by atoms with Crippen molar-refractivity contribution in [1.29, 1.82) is 0 Å². The Labute approximate surface area is 285 Å². The smallest absolute Gasteiger partial charge is 0.338 e. The Morgan fingerprint density at radius 1 is 0.959 bits per heavy atom. The molecule has 0 radical (unpaired) electrons. The summed E-state index contributed by atoms with van der Waals surface area (Å²) in [5.74, 6) is -4.29. The summed E-state index contributed by atoms with van der Waals surface area (Å²) in [4.78, 5) is 54.7. The molecule has 262 valence electrons. The van der Waals surface area contributed by atoms with Crippen LogP contribution < -0.4 is 0 Å². The van der Waals surface area contributed by atoms with E-state index in [-0.39, 0.29) is 37.0 Å². The second kappa shape index (κ2) is 12.5. The predicted molar refractivity (Wildman–Crippen MR) is 174 cm³/mol. The van der Waals surface area contributed by atoms with Gasteiger partial charge < -0.3 is 34.3 Å². The third kappa shape index (κ3) is 5.42. The van der Waals surface area contributed by atoms with E-state index in [1.54, 1.807) is 39.0 Å². The van der Waals surface area contributed by atoms with Gasteiger partial charge in [-0.15, -0.1) is 0 Å². The summed E-state index contributed by atoms with van der Waals surface area (Å²) in [6, 6.07) is 17.5. The van der Waals surface area contributed by atoms with E-state index in [0.717, 1.165) is 5.56 Å². The third-order valence-corrected chi connectivity index (χ3v) is 11.7. The molecule has 2 saturated carbocycles. The molecule has 11 nitrogen and oxygen atoms in total. The lowest BCUT2D eigenvalue weighted by atomic mass is 9.44. The number of fused-ring (bicyclic) bond motifs is 5. The highest BCUT2D eigenvalue weighted by Gasteiger charge is 2.78. The first kappa shape index (κ1) is 34.9. The van der Waals surface area contributed by atoms with Crippen molar-refractivity contribution in [3.05, 3.63) is 82.9 Å². The van der Waals surface area contributed by atoms with Crippen LogP contribution in [-0.2, 0) is 39.8 Å². The van der Waals surface area contributed by atoms with Gasteiger partial charge in [-0.3, -0.25) is 14.4 Å². The fourth-order valence-electron chi connectivity index (χ4n) is 8.88. The van der Waals surface area contributed by atoms with Gasteiger partial charge in [0.2, 0.25) is 0 Å². The molecule has 7 unspecified atom stereocenters. The van der Waals surface area contributed by atoms with Gasteiger partial charge in [-0.2, -0.15) is 0 Å². The van der Waals surface area contributed by atoms with E-state index in [1.165, 1.54) is 26.0 Å². The summed E-state index contributed by atoms with van der Waals surface area (Å²) >= 11 is 0. The minimum Gasteiger partial charge on any atom is -0.458 e. The van der Waals surface area contributed by atoms with Crippen molar-refractivity contribution in [2.75, 3.05) is 6.61 Å². The Bertz CT molecular complexity index is 1670. The van der Waals surface area contributed by atoms with Crippen LogP contribution in [0.1, 0.15) is 69.8 Å².